The maximum atomic E-state index is 4.47. The van der Waals surface area contributed by atoms with Crippen LogP contribution in [-0.4, -0.2) is 10.9 Å². The first-order chi connectivity index (χ1) is 7.96. The molecule has 0 bridgehead atoms. The number of allylic oxidation sites excluding steroid dienone is 1. The second-order valence-corrected chi connectivity index (χ2v) is 6.88. The molecule has 0 radical (unpaired) electrons. The van der Waals surface area contributed by atoms with Gasteiger partial charge in [0.25, 0.3) is 0 Å². The number of hydrogen-bond donors (Lipinski definition) is 0. The fourth-order valence-corrected chi connectivity index (χ4v) is 3.49. The monoisotopic (exact) mass is 264 g/mol. The lowest BCUT2D eigenvalue weighted by molar-refractivity contribution is 0.261. The molecule has 17 heavy (non-hydrogen) atoms. The molecule has 0 fully saturated rings. The first kappa shape index (κ1) is 12.6. The molecular formula is C13H16N2S2. The second-order valence-electron chi connectivity index (χ2n) is 5.07. The van der Waals surface area contributed by atoms with E-state index in [1.807, 2.05) is 23.2 Å². The molecule has 1 aromatic rings. The third kappa shape index (κ3) is 2.13. The number of rotatable bonds is 3. The average molecular weight is 264 g/mol. The van der Waals surface area contributed by atoms with Gasteiger partial charge in [0, 0.05) is 38.9 Å². The Hall–Kier alpha value is -0.830. The Kier molecular flexibility index (Phi) is 3.30. The van der Waals surface area contributed by atoms with Crippen molar-refractivity contribution < 1.29 is 0 Å². The zero-order chi connectivity index (χ0) is 12.5. The van der Waals surface area contributed by atoms with Crippen LogP contribution in [0.4, 0.5) is 0 Å². The largest absolute Gasteiger partial charge is 0.249 e. The molecule has 0 atom stereocenters. The fraction of sp³-hybridized carbons (Fsp3) is 0.462. The van der Waals surface area contributed by atoms with Gasteiger partial charge in [0.05, 0.1) is 5.01 Å². The third-order valence-electron chi connectivity index (χ3n) is 3.64. The van der Waals surface area contributed by atoms with E-state index in [0.29, 0.717) is 0 Å². The summed E-state index contributed by atoms with van der Waals surface area (Å²) in [4.78, 5) is 9.85. The standard InChI is InChI=1S/C13H16N2S2/c1-12(2,10-9-14-5-7-16-10)13(3,4)11-15-6-8-17-11/h6-9H,1-4H3. The van der Waals surface area contributed by atoms with Crippen molar-refractivity contribution in [3.05, 3.63) is 33.1 Å². The number of thiazole rings is 1. The van der Waals surface area contributed by atoms with Crippen LogP contribution in [0.15, 0.2) is 33.1 Å². The molecule has 4 heteroatoms. The van der Waals surface area contributed by atoms with Gasteiger partial charge in [0.15, 0.2) is 0 Å². The minimum absolute atomic E-state index is 0.00236. The van der Waals surface area contributed by atoms with E-state index in [1.165, 1.54) is 9.91 Å². The lowest BCUT2D eigenvalue weighted by Gasteiger charge is -2.41. The molecule has 0 saturated heterocycles. The quantitative estimate of drug-likeness (QED) is 0.816. The highest BCUT2D eigenvalue weighted by Crippen LogP contribution is 2.50. The van der Waals surface area contributed by atoms with Gasteiger partial charge in [0.2, 0.25) is 0 Å². The van der Waals surface area contributed by atoms with E-state index in [2.05, 4.69) is 43.5 Å². The van der Waals surface area contributed by atoms with Gasteiger partial charge in [0.1, 0.15) is 0 Å². The summed E-state index contributed by atoms with van der Waals surface area (Å²) >= 11 is 3.42. The zero-order valence-electron chi connectivity index (χ0n) is 10.5. The van der Waals surface area contributed by atoms with E-state index in [4.69, 9.17) is 0 Å². The summed E-state index contributed by atoms with van der Waals surface area (Å²) in [6.07, 6.45) is 3.79. The Morgan fingerprint density at radius 1 is 1.18 bits per heavy atom. The molecule has 0 aliphatic carbocycles. The van der Waals surface area contributed by atoms with Crippen molar-refractivity contribution in [2.75, 3.05) is 0 Å². The van der Waals surface area contributed by atoms with Crippen LogP contribution in [0, 0.1) is 5.41 Å². The molecule has 0 N–H and O–H groups in total. The average Bonchev–Trinajstić information content (AvgIpc) is 2.84. The van der Waals surface area contributed by atoms with Gasteiger partial charge in [-0.3, -0.25) is 0 Å². The number of thioether (sulfide) groups is 1. The Morgan fingerprint density at radius 3 is 2.47 bits per heavy atom. The number of nitrogens with zero attached hydrogens (tertiary/aromatic N) is 2. The molecule has 0 amide bonds. The highest BCUT2D eigenvalue weighted by Gasteiger charge is 2.43. The Morgan fingerprint density at radius 2 is 1.94 bits per heavy atom. The summed E-state index contributed by atoms with van der Waals surface area (Å²) in [5.41, 5.74) is -0.0156. The van der Waals surface area contributed by atoms with Gasteiger partial charge in [-0.15, -0.1) is 11.3 Å². The van der Waals surface area contributed by atoms with Crippen molar-refractivity contribution in [1.29, 1.82) is 0 Å². The second kappa shape index (κ2) is 4.45. The molecule has 2 rings (SSSR count). The van der Waals surface area contributed by atoms with Gasteiger partial charge in [-0.25, -0.2) is 9.98 Å². The molecule has 2 heterocycles. The Bertz CT molecular complexity index is 489. The Labute approximate surface area is 111 Å². The lowest BCUT2D eigenvalue weighted by Crippen LogP contribution is -2.37. The molecular weight excluding hydrogens is 248 g/mol. The summed E-state index contributed by atoms with van der Waals surface area (Å²) in [5, 5.41) is 5.12. The van der Waals surface area contributed by atoms with Crippen molar-refractivity contribution in [2.24, 2.45) is 10.4 Å². The van der Waals surface area contributed by atoms with Crippen molar-refractivity contribution >= 4 is 29.0 Å². The van der Waals surface area contributed by atoms with Crippen molar-refractivity contribution in [3.63, 3.8) is 0 Å². The smallest absolute Gasteiger partial charge is 0.0990 e. The normalized spacial score (nSPS) is 16.1. The van der Waals surface area contributed by atoms with Gasteiger partial charge >= 0.3 is 0 Å². The molecule has 90 valence electrons. The molecule has 2 nitrogen and oxygen atoms in total. The predicted molar refractivity (Wildman–Crippen MR) is 76.6 cm³/mol. The number of hydrogen-bond acceptors (Lipinski definition) is 4. The summed E-state index contributed by atoms with van der Waals surface area (Å²) in [5.74, 6) is 2.85. The summed E-state index contributed by atoms with van der Waals surface area (Å²) in [6, 6.07) is 0. The maximum absolute atomic E-state index is 4.47. The number of aromatic nitrogens is 1. The molecule has 0 spiro atoms. The first-order valence-corrected chi connectivity index (χ1v) is 7.26. The van der Waals surface area contributed by atoms with Crippen LogP contribution in [0.1, 0.15) is 32.7 Å². The molecule has 1 aromatic heterocycles. The van der Waals surface area contributed by atoms with E-state index < -0.39 is 0 Å². The molecule has 0 saturated carbocycles. The minimum atomic E-state index is -0.0132. The van der Waals surface area contributed by atoms with Crippen molar-refractivity contribution in [2.45, 2.75) is 33.1 Å². The molecule has 1 aliphatic heterocycles. The van der Waals surface area contributed by atoms with Crippen molar-refractivity contribution in [1.82, 2.24) is 4.98 Å². The van der Waals surface area contributed by atoms with E-state index >= 15 is 0 Å². The van der Waals surface area contributed by atoms with E-state index in [9.17, 15) is 0 Å². The van der Waals surface area contributed by atoms with E-state index in [-0.39, 0.29) is 10.8 Å². The topological polar surface area (TPSA) is 25.2 Å². The van der Waals surface area contributed by atoms with E-state index in [1.54, 1.807) is 23.1 Å². The van der Waals surface area contributed by atoms with Crippen LogP contribution in [0.25, 0.3) is 0 Å². The predicted octanol–water partition coefficient (Wildman–Crippen LogP) is 4.22. The zero-order valence-corrected chi connectivity index (χ0v) is 12.2. The lowest BCUT2D eigenvalue weighted by atomic mass is 9.68. The maximum Gasteiger partial charge on any atom is 0.0990 e. The fourth-order valence-electron chi connectivity index (χ4n) is 1.66. The SMILES string of the molecule is CC(C)(C1=CN=C=CS1)C(C)(C)c1nccs1. The van der Waals surface area contributed by atoms with Crippen LogP contribution in [0.2, 0.25) is 0 Å². The summed E-state index contributed by atoms with van der Waals surface area (Å²) in [7, 11) is 0. The van der Waals surface area contributed by atoms with Crippen LogP contribution < -0.4 is 0 Å². The minimum Gasteiger partial charge on any atom is -0.249 e. The van der Waals surface area contributed by atoms with Gasteiger partial charge < -0.3 is 0 Å². The van der Waals surface area contributed by atoms with Crippen molar-refractivity contribution in [3.8, 4) is 0 Å². The third-order valence-corrected chi connectivity index (χ3v) is 5.83. The van der Waals surface area contributed by atoms with E-state index in [0.717, 1.165) is 0 Å². The Balaban J connectivity index is 2.38. The van der Waals surface area contributed by atoms with Gasteiger partial charge in [-0.2, -0.15) is 0 Å². The summed E-state index contributed by atoms with van der Waals surface area (Å²) < 4.78 is 0. The van der Waals surface area contributed by atoms with Crippen LogP contribution >= 0.6 is 23.1 Å². The van der Waals surface area contributed by atoms with Crippen LogP contribution in [0.5, 0.6) is 0 Å². The molecule has 0 unspecified atom stereocenters. The highest BCUT2D eigenvalue weighted by molar-refractivity contribution is 8.06. The van der Waals surface area contributed by atoms with Crippen LogP contribution in [-0.2, 0) is 5.41 Å². The van der Waals surface area contributed by atoms with Gasteiger partial charge in [-0.05, 0) is 5.87 Å². The molecule has 1 aliphatic rings. The first-order valence-electron chi connectivity index (χ1n) is 5.50. The number of aliphatic imine (C=N–C) groups is 1. The highest BCUT2D eigenvalue weighted by atomic mass is 32.2. The molecule has 0 aromatic carbocycles. The summed E-state index contributed by atoms with van der Waals surface area (Å²) in [6.45, 7) is 8.99. The van der Waals surface area contributed by atoms with Crippen LogP contribution in [0.3, 0.4) is 0 Å². The van der Waals surface area contributed by atoms with Gasteiger partial charge in [-0.1, -0.05) is 39.5 Å².